The summed E-state index contributed by atoms with van der Waals surface area (Å²) in [7, 11) is 0. The molecular weight excluding hydrogens is 268 g/mol. The summed E-state index contributed by atoms with van der Waals surface area (Å²) in [5.74, 6) is -1.25. The Morgan fingerprint density at radius 1 is 1.19 bits per heavy atom. The lowest BCUT2D eigenvalue weighted by molar-refractivity contribution is -0.150. The normalized spacial score (nSPS) is 12.7. The van der Waals surface area contributed by atoms with Gasteiger partial charge in [-0.3, -0.25) is 4.79 Å². The molecule has 0 radical (unpaired) electrons. The molecule has 4 heteroatoms. The maximum atomic E-state index is 11.2. The summed E-state index contributed by atoms with van der Waals surface area (Å²) in [4.78, 5) is 22.0. The van der Waals surface area contributed by atoms with Gasteiger partial charge in [0.15, 0.2) is 0 Å². The number of unbranched alkanes of at least 4 members (excludes halogenated alkanes) is 4. The van der Waals surface area contributed by atoms with Crippen molar-refractivity contribution < 1.29 is 19.4 Å². The fourth-order valence-electron chi connectivity index (χ4n) is 2.34. The highest BCUT2D eigenvalue weighted by atomic mass is 16.6. The zero-order chi connectivity index (χ0) is 16.3. The maximum absolute atomic E-state index is 11.2. The molecule has 1 N–H and O–H groups in total. The number of esters is 1. The van der Waals surface area contributed by atoms with Gasteiger partial charge < -0.3 is 9.84 Å². The van der Waals surface area contributed by atoms with Crippen molar-refractivity contribution in [2.24, 2.45) is 5.92 Å². The van der Waals surface area contributed by atoms with Gasteiger partial charge >= 0.3 is 11.9 Å². The van der Waals surface area contributed by atoms with Gasteiger partial charge in [-0.2, -0.15) is 0 Å². The lowest BCUT2D eigenvalue weighted by Gasteiger charge is -2.24. The van der Waals surface area contributed by atoms with E-state index in [2.05, 4.69) is 6.58 Å². The molecule has 0 spiro atoms. The molecule has 4 nitrogen and oxygen atoms in total. The van der Waals surface area contributed by atoms with Crippen LogP contribution in [-0.4, -0.2) is 22.6 Å². The van der Waals surface area contributed by atoms with Crippen molar-refractivity contribution in [3.63, 3.8) is 0 Å². The third-order valence-corrected chi connectivity index (χ3v) is 3.72. The minimum Gasteiger partial charge on any atom is -0.481 e. The van der Waals surface area contributed by atoms with E-state index in [0.29, 0.717) is 6.42 Å². The number of carboxylic acid groups (broad SMARTS) is 1. The molecule has 0 aliphatic rings. The standard InChI is InChI=1S/C17H30O4/c1-5-14(16(19)20)12-10-8-7-9-11-13-17(3,4)21-15(18)6-2/h6,14H,2,5,7-13H2,1,3-4H3,(H,19,20). The summed E-state index contributed by atoms with van der Waals surface area (Å²) in [6, 6.07) is 0. The molecule has 0 aliphatic heterocycles. The summed E-state index contributed by atoms with van der Waals surface area (Å²) in [6.45, 7) is 9.13. The van der Waals surface area contributed by atoms with Crippen LogP contribution in [0, 0.1) is 5.92 Å². The summed E-state index contributed by atoms with van der Waals surface area (Å²) in [6.07, 6.45) is 8.73. The third kappa shape index (κ3) is 10.1. The molecule has 1 atom stereocenters. The highest BCUT2D eigenvalue weighted by Crippen LogP contribution is 2.20. The number of carbonyl (C=O) groups excluding carboxylic acids is 1. The van der Waals surface area contributed by atoms with E-state index < -0.39 is 11.6 Å². The van der Waals surface area contributed by atoms with E-state index >= 15 is 0 Å². The number of carbonyl (C=O) groups is 2. The summed E-state index contributed by atoms with van der Waals surface area (Å²) in [5, 5.41) is 8.95. The van der Waals surface area contributed by atoms with Crippen molar-refractivity contribution in [1.82, 2.24) is 0 Å². The molecule has 0 rings (SSSR count). The Balaban J connectivity index is 3.66. The van der Waals surface area contributed by atoms with Crippen LogP contribution in [0.2, 0.25) is 0 Å². The molecule has 0 bridgehead atoms. The zero-order valence-corrected chi connectivity index (χ0v) is 13.7. The highest BCUT2D eigenvalue weighted by molar-refractivity contribution is 5.81. The number of hydrogen-bond donors (Lipinski definition) is 1. The Kier molecular flexibility index (Phi) is 9.76. The van der Waals surface area contributed by atoms with Crippen LogP contribution in [0.5, 0.6) is 0 Å². The first-order valence-electron chi connectivity index (χ1n) is 7.90. The predicted octanol–water partition coefficient (Wildman–Crippen LogP) is 4.34. The molecule has 122 valence electrons. The van der Waals surface area contributed by atoms with Crippen LogP contribution >= 0.6 is 0 Å². The SMILES string of the molecule is C=CC(=O)OC(C)(C)CCCCCCCC(CC)C(=O)O. The van der Waals surface area contributed by atoms with E-state index in [9.17, 15) is 9.59 Å². The van der Waals surface area contributed by atoms with E-state index in [1.807, 2.05) is 20.8 Å². The van der Waals surface area contributed by atoms with Crippen LogP contribution in [0.1, 0.15) is 72.1 Å². The largest absolute Gasteiger partial charge is 0.481 e. The van der Waals surface area contributed by atoms with Crippen LogP contribution in [0.25, 0.3) is 0 Å². The van der Waals surface area contributed by atoms with Gasteiger partial charge in [0.1, 0.15) is 5.60 Å². The lowest BCUT2D eigenvalue weighted by Crippen LogP contribution is -2.27. The molecule has 0 fully saturated rings. The lowest BCUT2D eigenvalue weighted by atomic mass is 9.96. The Morgan fingerprint density at radius 3 is 2.29 bits per heavy atom. The van der Waals surface area contributed by atoms with Gasteiger partial charge in [0.05, 0.1) is 5.92 Å². The van der Waals surface area contributed by atoms with Crippen molar-refractivity contribution in [2.75, 3.05) is 0 Å². The smallest absolute Gasteiger partial charge is 0.330 e. The quantitative estimate of drug-likeness (QED) is 0.331. The van der Waals surface area contributed by atoms with Gasteiger partial charge in [-0.15, -0.1) is 0 Å². The fourth-order valence-corrected chi connectivity index (χ4v) is 2.34. The fraction of sp³-hybridized carbons (Fsp3) is 0.765. The molecule has 0 heterocycles. The highest BCUT2D eigenvalue weighted by Gasteiger charge is 2.20. The second kappa shape index (κ2) is 10.4. The average Bonchev–Trinajstić information content (AvgIpc) is 2.40. The molecule has 0 aromatic rings. The summed E-state index contributed by atoms with van der Waals surface area (Å²) < 4.78 is 5.26. The number of rotatable bonds is 12. The van der Waals surface area contributed by atoms with Crippen LogP contribution < -0.4 is 0 Å². The second-order valence-electron chi connectivity index (χ2n) is 6.13. The van der Waals surface area contributed by atoms with Gasteiger partial charge in [-0.1, -0.05) is 39.2 Å². The molecule has 0 aromatic heterocycles. The molecule has 0 aliphatic carbocycles. The Hall–Kier alpha value is -1.32. The van der Waals surface area contributed by atoms with Gasteiger partial charge in [0.2, 0.25) is 0 Å². The molecule has 21 heavy (non-hydrogen) atoms. The first kappa shape index (κ1) is 19.7. The van der Waals surface area contributed by atoms with Crippen LogP contribution in [0.15, 0.2) is 12.7 Å². The first-order chi connectivity index (χ1) is 9.82. The minimum atomic E-state index is -0.678. The molecule has 1 unspecified atom stereocenters. The van der Waals surface area contributed by atoms with E-state index in [1.165, 1.54) is 6.08 Å². The van der Waals surface area contributed by atoms with Crippen molar-refractivity contribution >= 4 is 11.9 Å². The molecule has 0 saturated heterocycles. The third-order valence-electron chi connectivity index (χ3n) is 3.72. The minimum absolute atomic E-state index is 0.192. The van der Waals surface area contributed by atoms with Gasteiger partial charge in [0, 0.05) is 6.08 Å². The summed E-state index contributed by atoms with van der Waals surface area (Å²) in [5.41, 5.74) is -0.443. The Morgan fingerprint density at radius 2 is 1.76 bits per heavy atom. The maximum Gasteiger partial charge on any atom is 0.330 e. The van der Waals surface area contributed by atoms with Crippen LogP contribution in [0.4, 0.5) is 0 Å². The topological polar surface area (TPSA) is 63.6 Å². The predicted molar refractivity (Wildman–Crippen MR) is 84.1 cm³/mol. The van der Waals surface area contributed by atoms with Gasteiger partial charge in [-0.05, 0) is 39.5 Å². The average molecular weight is 298 g/mol. The molecular formula is C17H30O4. The van der Waals surface area contributed by atoms with Crippen molar-refractivity contribution in [1.29, 1.82) is 0 Å². The number of hydrogen-bond acceptors (Lipinski definition) is 3. The summed E-state index contributed by atoms with van der Waals surface area (Å²) >= 11 is 0. The number of carboxylic acids is 1. The van der Waals surface area contributed by atoms with E-state index in [0.717, 1.165) is 44.9 Å². The van der Waals surface area contributed by atoms with E-state index in [4.69, 9.17) is 9.84 Å². The molecule has 0 saturated carbocycles. The second-order valence-corrected chi connectivity index (χ2v) is 6.13. The molecule has 0 amide bonds. The van der Waals surface area contributed by atoms with Crippen molar-refractivity contribution in [3.05, 3.63) is 12.7 Å². The Labute approximate surface area is 128 Å². The van der Waals surface area contributed by atoms with Crippen molar-refractivity contribution in [2.45, 2.75) is 77.7 Å². The van der Waals surface area contributed by atoms with E-state index in [-0.39, 0.29) is 11.9 Å². The molecule has 0 aromatic carbocycles. The van der Waals surface area contributed by atoms with Crippen LogP contribution in [0.3, 0.4) is 0 Å². The number of aliphatic carboxylic acids is 1. The van der Waals surface area contributed by atoms with Crippen LogP contribution in [-0.2, 0) is 14.3 Å². The number of ether oxygens (including phenoxy) is 1. The Bertz CT molecular complexity index is 334. The first-order valence-corrected chi connectivity index (χ1v) is 7.90. The monoisotopic (exact) mass is 298 g/mol. The van der Waals surface area contributed by atoms with Gasteiger partial charge in [0.25, 0.3) is 0 Å². The van der Waals surface area contributed by atoms with Crippen molar-refractivity contribution in [3.8, 4) is 0 Å². The van der Waals surface area contributed by atoms with Gasteiger partial charge in [-0.25, -0.2) is 4.79 Å². The van der Waals surface area contributed by atoms with E-state index in [1.54, 1.807) is 0 Å². The zero-order valence-electron chi connectivity index (χ0n) is 13.7.